The second kappa shape index (κ2) is 4.51. The van der Waals surface area contributed by atoms with Gasteiger partial charge in [-0.05, 0) is 12.1 Å². The number of alkyl halides is 3. The molecule has 0 aliphatic rings. The molecule has 0 aliphatic heterocycles. The molecule has 0 bridgehead atoms. The van der Waals surface area contributed by atoms with Crippen LogP contribution in [0.4, 0.5) is 19.0 Å². The molecule has 0 aromatic carbocycles. The van der Waals surface area contributed by atoms with Crippen LogP contribution in [-0.2, 0) is 6.18 Å². The lowest BCUT2D eigenvalue weighted by Crippen LogP contribution is -2.18. The maximum Gasteiger partial charge on any atom is 0.417 e. The molecule has 88 valence electrons. The van der Waals surface area contributed by atoms with E-state index in [1.165, 1.54) is 6.07 Å². The van der Waals surface area contributed by atoms with E-state index in [9.17, 15) is 13.2 Å². The van der Waals surface area contributed by atoms with E-state index in [1.807, 2.05) is 13.8 Å². The number of hydrogen-bond donors (Lipinski definition) is 1. The van der Waals surface area contributed by atoms with Gasteiger partial charge in [0.2, 0.25) is 0 Å². The van der Waals surface area contributed by atoms with Gasteiger partial charge >= 0.3 is 6.18 Å². The van der Waals surface area contributed by atoms with E-state index in [4.69, 9.17) is 5.73 Å². The van der Waals surface area contributed by atoms with E-state index in [2.05, 4.69) is 9.98 Å². The highest BCUT2D eigenvalue weighted by molar-refractivity contribution is 5.84. The van der Waals surface area contributed by atoms with Gasteiger partial charge < -0.3 is 5.73 Å². The van der Waals surface area contributed by atoms with Gasteiger partial charge in [0.05, 0.1) is 5.56 Å². The number of rotatable bonds is 2. The maximum absolute atomic E-state index is 12.2. The van der Waals surface area contributed by atoms with Gasteiger partial charge in [-0.1, -0.05) is 13.8 Å². The molecule has 3 nitrogen and oxygen atoms in total. The van der Waals surface area contributed by atoms with Crippen molar-refractivity contribution < 1.29 is 13.2 Å². The van der Waals surface area contributed by atoms with Gasteiger partial charge in [-0.25, -0.2) is 9.98 Å². The molecule has 0 spiro atoms. The Morgan fingerprint density at radius 3 is 2.38 bits per heavy atom. The number of pyridine rings is 1. The average molecular weight is 231 g/mol. The molecule has 1 heterocycles. The summed E-state index contributed by atoms with van der Waals surface area (Å²) >= 11 is 0. The van der Waals surface area contributed by atoms with Crippen LogP contribution in [0.15, 0.2) is 23.3 Å². The smallest absolute Gasteiger partial charge is 0.387 e. The maximum atomic E-state index is 12.2. The van der Waals surface area contributed by atoms with Gasteiger partial charge in [0.25, 0.3) is 0 Å². The first-order chi connectivity index (χ1) is 7.30. The molecule has 6 heteroatoms. The third kappa shape index (κ3) is 3.22. The van der Waals surface area contributed by atoms with E-state index in [0.29, 0.717) is 5.84 Å². The van der Waals surface area contributed by atoms with E-state index in [0.717, 1.165) is 12.3 Å². The topological polar surface area (TPSA) is 51.3 Å². The van der Waals surface area contributed by atoms with Crippen molar-refractivity contribution in [2.75, 3.05) is 0 Å². The molecule has 0 radical (unpaired) electrons. The van der Waals surface area contributed by atoms with E-state index >= 15 is 0 Å². The highest BCUT2D eigenvalue weighted by atomic mass is 19.4. The van der Waals surface area contributed by atoms with Gasteiger partial charge in [-0.3, -0.25) is 0 Å². The fraction of sp³-hybridized carbons (Fsp3) is 0.400. The molecule has 0 atom stereocenters. The Kier molecular flexibility index (Phi) is 3.51. The molecule has 1 rings (SSSR count). The molecule has 0 fully saturated rings. The van der Waals surface area contributed by atoms with E-state index in [-0.39, 0.29) is 11.7 Å². The number of amidine groups is 1. The third-order valence-corrected chi connectivity index (χ3v) is 1.91. The molecule has 0 aliphatic carbocycles. The van der Waals surface area contributed by atoms with Gasteiger partial charge in [0, 0.05) is 12.1 Å². The van der Waals surface area contributed by atoms with Crippen molar-refractivity contribution in [2.45, 2.75) is 20.0 Å². The van der Waals surface area contributed by atoms with Crippen LogP contribution in [-0.4, -0.2) is 10.8 Å². The Bertz CT molecular complexity index is 379. The molecule has 0 saturated heterocycles. The first-order valence-electron chi connectivity index (χ1n) is 4.68. The Balaban J connectivity index is 2.92. The van der Waals surface area contributed by atoms with Crippen molar-refractivity contribution in [1.29, 1.82) is 0 Å². The SMILES string of the molecule is CC(C)C(N)=Nc1ccc(C(F)(F)F)cn1. The molecule has 1 aromatic rings. The first-order valence-corrected chi connectivity index (χ1v) is 4.68. The van der Waals surface area contributed by atoms with Crippen molar-refractivity contribution in [1.82, 2.24) is 4.98 Å². The monoisotopic (exact) mass is 231 g/mol. The molecule has 0 unspecified atom stereocenters. The fourth-order valence-electron chi connectivity index (χ4n) is 0.881. The van der Waals surface area contributed by atoms with Crippen LogP contribution < -0.4 is 5.73 Å². The van der Waals surface area contributed by atoms with Crippen molar-refractivity contribution in [2.24, 2.45) is 16.6 Å². The van der Waals surface area contributed by atoms with Gasteiger partial charge in [-0.2, -0.15) is 13.2 Å². The van der Waals surface area contributed by atoms with E-state index < -0.39 is 11.7 Å². The highest BCUT2D eigenvalue weighted by Gasteiger charge is 2.30. The van der Waals surface area contributed by atoms with Crippen molar-refractivity contribution >= 4 is 11.7 Å². The summed E-state index contributed by atoms with van der Waals surface area (Å²) in [5.74, 6) is 0.551. The largest absolute Gasteiger partial charge is 0.417 e. The van der Waals surface area contributed by atoms with Crippen LogP contribution in [0, 0.1) is 5.92 Å². The Hall–Kier alpha value is -1.59. The summed E-state index contributed by atoms with van der Waals surface area (Å²) in [6.45, 7) is 3.67. The van der Waals surface area contributed by atoms with Crippen LogP contribution in [0.1, 0.15) is 19.4 Å². The quantitative estimate of drug-likeness (QED) is 0.628. The molecule has 0 saturated carbocycles. The molecular weight excluding hydrogens is 219 g/mol. The molecule has 16 heavy (non-hydrogen) atoms. The number of hydrogen-bond acceptors (Lipinski definition) is 2. The summed E-state index contributed by atoms with van der Waals surface area (Å²) in [4.78, 5) is 7.48. The minimum atomic E-state index is -4.38. The summed E-state index contributed by atoms with van der Waals surface area (Å²) in [5, 5.41) is 0. The lowest BCUT2D eigenvalue weighted by molar-refractivity contribution is -0.137. The second-order valence-corrected chi connectivity index (χ2v) is 3.59. The van der Waals surface area contributed by atoms with Crippen molar-refractivity contribution in [3.8, 4) is 0 Å². The van der Waals surface area contributed by atoms with Crippen LogP contribution in [0.3, 0.4) is 0 Å². The zero-order valence-electron chi connectivity index (χ0n) is 8.92. The Morgan fingerprint density at radius 1 is 1.38 bits per heavy atom. The first kappa shape index (κ1) is 12.5. The number of nitrogens with zero attached hydrogens (tertiary/aromatic N) is 2. The van der Waals surface area contributed by atoms with Gasteiger partial charge in [-0.15, -0.1) is 0 Å². The summed E-state index contributed by atoms with van der Waals surface area (Å²) in [6.07, 6.45) is -3.63. The minimum absolute atomic E-state index is 0.0316. The average Bonchev–Trinajstić information content (AvgIpc) is 2.17. The zero-order valence-corrected chi connectivity index (χ0v) is 8.92. The van der Waals surface area contributed by atoms with Crippen LogP contribution >= 0.6 is 0 Å². The normalized spacial score (nSPS) is 13.2. The van der Waals surface area contributed by atoms with Gasteiger partial charge in [0.1, 0.15) is 5.84 Å². The van der Waals surface area contributed by atoms with E-state index in [1.54, 1.807) is 0 Å². The molecular formula is C10H12F3N3. The molecule has 1 aromatic heterocycles. The third-order valence-electron chi connectivity index (χ3n) is 1.91. The number of aliphatic imine (C=N–C) groups is 1. The van der Waals surface area contributed by atoms with Gasteiger partial charge in [0.15, 0.2) is 5.82 Å². The lowest BCUT2D eigenvalue weighted by atomic mass is 10.2. The summed E-state index contributed by atoms with van der Waals surface area (Å²) in [7, 11) is 0. The summed E-state index contributed by atoms with van der Waals surface area (Å²) < 4.78 is 36.6. The predicted molar refractivity (Wildman–Crippen MR) is 55.4 cm³/mol. The number of nitrogens with two attached hydrogens (primary N) is 1. The summed E-state index contributed by atoms with van der Waals surface area (Å²) in [5.41, 5.74) is 4.76. The van der Waals surface area contributed by atoms with Crippen LogP contribution in [0.25, 0.3) is 0 Å². The minimum Gasteiger partial charge on any atom is -0.387 e. The Labute approximate surface area is 91.2 Å². The highest BCUT2D eigenvalue weighted by Crippen LogP contribution is 2.29. The van der Waals surface area contributed by atoms with Crippen LogP contribution in [0.5, 0.6) is 0 Å². The number of halogens is 3. The second-order valence-electron chi connectivity index (χ2n) is 3.59. The van der Waals surface area contributed by atoms with Crippen molar-refractivity contribution in [3.63, 3.8) is 0 Å². The lowest BCUT2D eigenvalue weighted by Gasteiger charge is -2.06. The van der Waals surface area contributed by atoms with Crippen molar-refractivity contribution in [3.05, 3.63) is 23.9 Å². The number of aromatic nitrogens is 1. The zero-order chi connectivity index (χ0) is 12.3. The fourth-order valence-corrected chi connectivity index (χ4v) is 0.881. The molecule has 2 N–H and O–H groups in total. The molecule has 0 amide bonds. The summed E-state index contributed by atoms with van der Waals surface area (Å²) in [6, 6.07) is 2.12. The Morgan fingerprint density at radius 2 is 2.00 bits per heavy atom. The van der Waals surface area contributed by atoms with Crippen LogP contribution in [0.2, 0.25) is 0 Å². The predicted octanol–water partition coefficient (Wildman–Crippen LogP) is 2.75. The standard InChI is InChI=1S/C10H12F3N3/c1-6(2)9(14)16-8-4-3-7(5-15-8)10(11,12)13/h3-6H,1-2H3,(H2,14,15,16).